The fourth-order valence-corrected chi connectivity index (χ4v) is 3.81. The van der Waals surface area contributed by atoms with Crippen LogP contribution in [0.3, 0.4) is 0 Å². The van der Waals surface area contributed by atoms with E-state index in [1.54, 1.807) is 6.20 Å². The van der Waals surface area contributed by atoms with E-state index in [2.05, 4.69) is 9.88 Å². The molecule has 22 heavy (non-hydrogen) atoms. The zero-order valence-corrected chi connectivity index (χ0v) is 13.1. The lowest BCUT2D eigenvalue weighted by atomic mass is 10.0. The summed E-state index contributed by atoms with van der Waals surface area (Å²) in [7, 11) is 0. The molecule has 2 atom stereocenters. The number of piperazine rings is 1. The van der Waals surface area contributed by atoms with E-state index < -0.39 is 0 Å². The number of morpholine rings is 1. The van der Waals surface area contributed by atoms with Gasteiger partial charge in [-0.2, -0.15) is 0 Å². The third-order valence-corrected chi connectivity index (χ3v) is 5.30. The minimum absolute atomic E-state index is 0.189. The van der Waals surface area contributed by atoms with Gasteiger partial charge in [0.25, 0.3) is 0 Å². The SMILES string of the molecule is Cc1nccn1CC(=O)N1CCN2[C@@H](COC[C@@H]2C2CC2)C1. The van der Waals surface area contributed by atoms with Crippen LogP contribution in [0.5, 0.6) is 0 Å². The lowest BCUT2D eigenvalue weighted by molar-refractivity contribution is -0.141. The Morgan fingerprint density at radius 3 is 2.95 bits per heavy atom. The zero-order chi connectivity index (χ0) is 15.1. The number of hydrogen-bond donors (Lipinski definition) is 0. The van der Waals surface area contributed by atoms with Crippen molar-refractivity contribution < 1.29 is 9.53 Å². The molecule has 1 aliphatic carbocycles. The molecule has 3 aliphatic rings. The second kappa shape index (κ2) is 5.66. The summed E-state index contributed by atoms with van der Waals surface area (Å²) in [6.07, 6.45) is 6.31. The van der Waals surface area contributed by atoms with E-state index >= 15 is 0 Å². The van der Waals surface area contributed by atoms with Crippen LogP contribution in [-0.4, -0.2) is 70.2 Å². The molecule has 0 radical (unpaired) electrons. The van der Waals surface area contributed by atoms with Crippen LogP contribution < -0.4 is 0 Å². The van der Waals surface area contributed by atoms with Gasteiger partial charge in [0.15, 0.2) is 0 Å². The van der Waals surface area contributed by atoms with Crippen LogP contribution in [0.1, 0.15) is 18.7 Å². The van der Waals surface area contributed by atoms with E-state index in [1.807, 2.05) is 22.6 Å². The van der Waals surface area contributed by atoms with Gasteiger partial charge >= 0.3 is 0 Å². The number of carbonyl (C=O) groups excluding carboxylic acids is 1. The van der Waals surface area contributed by atoms with Gasteiger partial charge in [0.2, 0.25) is 5.91 Å². The molecule has 120 valence electrons. The van der Waals surface area contributed by atoms with E-state index in [4.69, 9.17) is 4.74 Å². The van der Waals surface area contributed by atoms with E-state index in [0.29, 0.717) is 18.6 Å². The summed E-state index contributed by atoms with van der Waals surface area (Å²) in [6, 6.07) is 0.966. The van der Waals surface area contributed by atoms with E-state index in [-0.39, 0.29) is 5.91 Å². The second-order valence-corrected chi connectivity index (χ2v) is 6.78. The fraction of sp³-hybridized carbons (Fsp3) is 0.750. The Morgan fingerprint density at radius 1 is 1.36 bits per heavy atom. The summed E-state index contributed by atoms with van der Waals surface area (Å²) in [6.45, 7) is 6.60. The molecule has 0 aromatic carbocycles. The lowest BCUT2D eigenvalue weighted by Crippen LogP contribution is -2.63. The molecule has 2 aliphatic heterocycles. The number of ether oxygens (including phenoxy) is 1. The Morgan fingerprint density at radius 2 is 2.23 bits per heavy atom. The molecule has 3 fully saturated rings. The summed E-state index contributed by atoms with van der Waals surface area (Å²) in [5, 5.41) is 0. The zero-order valence-electron chi connectivity index (χ0n) is 13.1. The van der Waals surface area contributed by atoms with Crippen molar-refractivity contribution in [2.45, 2.75) is 38.4 Å². The van der Waals surface area contributed by atoms with Crippen molar-refractivity contribution in [3.63, 3.8) is 0 Å². The first-order valence-electron chi connectivity index (χ1n) is 8.31. The molecular weight excluding hydrogens is 280 g/mol. The number of aryl methyl sites for hydroxylation is 1. The predicted molar refractivity (Wildman–Crippen MR) is 81.4 cm³/mol. The fourth-order valence-electron chi connectivity index (χ4n) is 3.81. The van der Waals surface area contributed by atoms with Crippen LogP contribution in [0.15, 0.2) is 12.4 Å². The minimum Gasteiger partial charge on any atom is -0.378 e. The highest BCUT2D eigenvalue weighted by atomic mass is 16.5. The highest BCUT2D eigenvalue weighted by Gasteiger charge is 2.43. The average molecular weight is 304 g/mol. The summed E-state index contributed by atoms with van der Waals surface area (Å²) >= 11 is 0. The Kier molecular flexibility index (Phi) is 3.66. The van der Waals surface area contributed by atoms with Gasteiger partial charge in [-0.3, -0.25) is 9.69 Å². The molecule has 1 amide bonds. The molecule has 1 saturated carbocycles. The Balaban J connectivity index is 1.39. The minimum atomic E-state index is 0.189. The van der Waals surface area contributed by atoms with E-state index in [1.165, 1.54) is 12.8 Å². The monoisotopic (exact) mass is 304 g/mol. The van der Waals surface area contributed by atoms with Crippen molar-refractivity contribution in [1.82, 2.24) is 19.4 Å². The van der Waals surface area contributed by atoms with Crippen molar-refractivity contribution in [1.29, 1.82) is 0 Å². The number of amides is 1. The number of hydrogen-bond acceptors (Lipinski definition) is 4. The van der Waals surface area contributed by atoms with Gasteiger partial charge in [-0.1, -0.05) is 0 Å². The van der Waals surface area contributed by atoms with Crippen molar-refractivity contribution in [3.8, 4) is 0 Å². The largest absolute Gasteiger partial charge is 0.378 e. The van der Waals surface area contributed by atoms with Gasteiger partial charge in [-0.05, 0) is 25.7 Å². The number of fused-ring (bicyclic) bond motifs is 1. The molecule has 6 heteroatoms. The van der Waals surface area contributed by atoms with Crippen LogP contribution in [0.25, 0.3) is 0 Å². The van der Waals surface area contributed by atoms with E-state index in [0.717, 1.165) is 44.6 Å². The summed E-state index contributed by atoms with van der Waals surface area (Å²) in [5.41, 5.74) is 0. The maximum Gasteiger partial charge on any atom is 0.242 e. The Hall–Kier alpha value is -1.40. The van der Waals surface area contributed by atoms with Gasteiger partial charge in [0.1, 0.15) is 12.4 Å². The smallest absolute Gasteiger partial charge is 0.242 e. The van der Waals surface area contributed by atoms with Gasteiger partial charge in [0.05, 0.1) is 19.3 Å². The van der Waals surface area contributed by atoms with Crippen LogP contribution >= 0.6 is 0 Å². The Bertz CT molecular complexity index is 554. The van der Waals surface area contributed by atoms with Crippen molar-refractivity contribution in [2.75, 3.05) is 32.8 Å². The molecule has 2 saturated heterocycles. The topological polar surface area (TPSA) is 50.6 Å². The number of rotatable bonds is 3. The van der Waals surface area contributed by atoms with Crippen LogP contribution in [-0.2, 0) is 16.1 Å². The number of carbonyl (C=O) groups is 1. The maximum absolute atomic E-state index is 12.5. The Labute approximate surface area is 131 Å². The number of imidazole rings is 1. The maximum atomic E-state index is 12.5. The summed E-state index contributed by atoms with van der Waals surface area (Å²) in [4.78, 5) is 21.3. The molecule has 6 nitrogen and oxygen atoms in total. The van der Waals surface area contributed by atoms with Crippen LogP contribution in [0, 0.1) is 12.8 Å². The van der Waals surface area contributed by atoms with Gasteiger partial charge in [0, 0.05) is 38.1 Å². The average Bonchev–Trinajstić information content (AvgIpc) is 3.30. The summed E-state index contributed by atoms with van der Waals surface area (Å²) in [5.74, 6) is 1.91. The molecule has 3 heterocycles. The number of aromatic nitrogens is 2. The number of nitrogens with zero attached hydrogens (tertiary/aromatic N) is 4. The van der Waals surface area contributed by atoms with Crippen molar-refractivity contribution in [3.05, 3.63) is 18.2 Å². The highest BCUT2D eigenvalue weighted by molar-refractivity contribution is 5.76. The first-order valence-corrected chi connectivity index (χ1v) is 8.31. The first kappa shape index (κ1) is 14.2. The molecule has 1 aromatic rings. The standard InChI is InChI=1S/C16H24N4O2/c1-12-17-4-5-18(12)9-16(21)19-6-7-20-14(8-19)10-22-11-15(20)13-2-3-13/h4-5,13-15H,2-3,6-11H2,1H3/t14-,15-/m1/s1. The molecule has 4 rings (SSSR count). The third-order valence-electron chi connectivity index (χ3n) is 5.30. The highest BCUT2D eigenvalue weighted by Crippen LogP contribution is 2.38. The van der Waals surface area contributed by atoms with Crippen LogP contribution in [0.4, 0.5) is 0 Å². The van der Waals surface area contributed by atoms with Crippen LogP contribution in [0.2, 0.25) is 0 Å². The second-order valence-electron chi connectivity index (χ2n) is 6.78. The van der Waals surface area contributed by atoms with Gasteiger partial charge in [-0.25, -0.2) is 4.98 Å². The molecule has 0 bridgehead atoms. The normalized spacial score (nSPS) is 29.4. The van der Waals surface area contributed by atoms with Gasteiger partial charge in [-0.15, -0.1) is 0 Å². The van der Waals surface area contributed by atoms with Gasteiger partial charge < -0.3 is 14.2 Å². The molecule has 0 spiro atoms. The van der Waals surface area contributed by atoms with E-state index in [9.17, 15) is 4.79 Å². The van der Waals surface area contributed by atoms with Crippen molar-refractivity contribution in [2.24, 2.45) is 5.92 Å². The molecule has 1 aromatic heterocycles. The van der Waals surface area contributed by atoms with Crippen molar-refractivity contribution >= 4 is 5.91 Å². The third kappa shape index (κ3) is 2.65. The first-order chi connectivity index (χ1) is 10.7. The predicted octanol–water partition coefficient (Wildman–Crippen LogP) is 0.513. The lowest BCUT2D eigenvalue weighted by Gasteiger charge is -2.48. The summed E-state index contributed by atoms with van der Waals surface area (Å²) < 4.78 is 7.73. The molecule has 0 unspecified atom stereocenters. The molecular formula is C16H24N4O2. The molecule has 0 N–H and O–H groups in total. The quantitative estimate of drug-likeness (QED) is 0.817.